The molecule has 1 saturated carbocycles. The van der Waals surface area contributed by atoms with Crippen LogP contribution in [-0.4, -0.2) is 118 Å². The Morgan fingerprint density at radius 1 is 0.941 bits per heavy atom. The molecule has 3 heterocycles. The molecular formula is C34H45N7O10. The number of hydroxylamine groups is 2. The lowest BCUT2D eigenvalue weighted by Crippen LogP contribution is -2.52. The fourth-order valence-electron chi connectivity index (χ4n) is 6.15. The van der Waals surface area contributed by atoms with E-state index in [1.54, 1.807) is 37.3 Å². The second-order valence-corrected chi connectivity index (χ2v) is 12.7. The molecule has 0 unspecified atom stereocenters. The zero-order chi connectivity index (χ0) is 36.3. The maximum Gasteiger partial charge on any atom is 0.527 e. The first-order chi connectivity index (χ1) is 24.6. The van der Waals surface area contributed by atoms with Crippen molar-refractivity contribution in [2.24, 2.45) is 0 Å². The van der Waals surface area contributed by atoms with Crippen LogP contribution in [0, 0.1) is 0 Å². The van der Waals surface area contributed by atoms with E-state index in [1.165, 1.54) is 20.7 Å². The van der Waals surface area contributed by atoms with Crippen molar-refractivity contribution in [3.63, 3.8) is 0 Å². The molecule has 2 aliphatic heterocycles. The highest BCUT2D eigenvalue weighted by atomic mass is 16.8. The third kappa shape index (κ3) is 10.2. The Balaban J connectivity index is 1.23. The summed E-state index contributed by atoms with van der Waals surface area (Å²) in [5, 5.41) is 23.7. The number of aliphatic carboxylic acids is 1. The van der Waals surface area contributed by atoms with Crippen molar-refractivity contribution in [3.8, 4) is 11.6 Å². The molecule has 3 aliphatic rings. The molecule has 2 atom stereocenters. The number of carbonyl (C=O) groups is 6. The van der Waals surface area contributed by atoms with E-state index >= 15 is 0 Å². The van der Waals surface area contributed by atoms with E-state index in [9.17, 15) is 33.9 Å². The Hall–Kier alpha value is -5.19. The van der Waals surface area contributed by atoms with Crippen LogP contribution in [0.2, 0.25) is 0 Å². The lowest BCUT2D eigenvalue weighted by molar-refractivity contribution is -0.142. The maximum atomic E-state index is 13.5. The van der Waals surface area contributed by atoms with E-state index in [4.69, 9.17) is 14.3 Å². The summed E-state index contributed by atoms with van der Waals surface area (Å²) < 4.78 is 12.1. The number of amides is 4. The molecule has 17 nitrogen and oxygen atoms in total. The summed E-state index contributed by atoms with van der Waals surface area (Å²) in [7, 11) is 0. The lowest BCUT2D eigenvalue weighted by atomic mass is 9.93. The lowest BCUT2D eigenvalue weighted by Gasteiger charge is -2.31. The van der Waals surface area contributed by atoms with Gasteiger partial charge in [-0.1, -0.05) is 18.2 Å². The minimum Gasteiger partial charge on any atom is -0.481 e. The highest BCUT2D eigenvalue weighted by Crippen LogP contribution is 2.24. The number of hydrogen-bond donors (Lipinski definition) is 4. The van der Waals surface area contributed by atoms with Gasteiger partial charge >= 0.3 is 12.1 Å². The van der Waals surface area contributed by atoms with Crippen LogP contribution >= 0.6 is 0 Å². The molecule has 2 aromatic rings. The molecule has 17 heteroatoms. The van der Waals surface area contributed by atoms with Crippen molar-refractivity contribution in [2.45, 2.75) is 88.9 Å². The quantitative estimate of drug-likeness (QED) is 0.194. The Morgan fingerprint density at radius 2 is 1.67 bits per heavy atom. The Morgan fingerprint density at radius 3 is 2.33 bits per heavy atom. The molecule has 1 aliphatic carbocycles. The highest BCUT2D eigenvalue weighted by Gasteiger charge is 2.36. The first-order valence-electron chi connectivity index (χ1n) is 17.4. The average molecular weight is 712 g/mol. The summed E-state index contributed by atoms with van der Waals surface area (Å²) >= 11 is 0. The average Bonchev–Trinajstić information content (AvgIpc) is 3.77. The van der Waals surface area contributed by atoms with E-state index in [0.717, 1.165) is 19.3 Å². The fourth-order valence-corrected chi connectivity index (χ4v) is 6.15. The zero-order valence-electron chi connectivity index (χ0n) is 28.6. The van der Waals surface area contributed by atoms with Crippen molar-refractivity contribution >= 4 is 35.8 Å². The van der Waals surface area contributed by atoms with Crippen LogP contribution in [-0.2, 0) is 28.8 Å². The van der Waals surface area contributed by atoms with Crippen LogP contribution in [0.25, 0.3) is 5.69 Å². The molecule has 0 spiro atoms. The van der Waals surface area contributed by atoms with E-state index in [1.807, 2.05) is 0 Å². The van der Waals surface area contributed by atoms with Crippen LogP contribution in [0.3, 0.4) is 0 Å². The second kappa shape index (κ2) is 17.6. The number of para-hydroxylation sites is 1. The number of benzene rings is 1. The van der Waals surface area contributed by atoms with Gasteiger partial charge in [0.1, 0.15) is 12.1 Å². The smallest absolute Gasteiger partial charge is 0.481 e. The number of piperidine rings is 1. The number of hydrogen-bond acceptors (Lipinski definition) is 11. The third-order valence-corrected chi connectivity index (χ3v) is 9.12. The van der Waals surface area contributed by atoms with Crippen molar-refractivity contribution in [1.29, 1.82) is 0 Å². The molecule has 2 saturated heterocycles. The third-order valence-electron chi connectivity index (χ3n) is 9.12. The molecule has 1 aromatic heterocycles. The van der Waals surface area contributed by atoms with Crippen molar-refractivity contribution in [2.75, 3.05) is 32.8 Å². The monoisotopic (exact) mass is 711 g/mol. The molecule has 5 rings (SSSR count). The van der Waals surface area contributed by atoms with Gasteiger partial charge in [0.25, 0.3) is 11.8 Å². The Bertz CT molecular complexity index is 1560. The number of nitrogens with zero attached hydrogens (tertiary/aromatic N) is 4. The van der Waals surface area contributed by atoms with Gasteiger partial charge in [0.15, 0.2) is 12.3 Å². The summed E-state index contributed by atoms with van der Waals surface area (Å²) in [5.74, 6) is -2.92. The normalized spacial score (nSPS) is 18.6. The van der Waals surface area contributed by atoms with Gasteiger partial charge in [-0.25, -0.2) is 9.48 Å². The predicted molar refractivity (Wildman–Crippen MR) is 179 cm³/mol. The van der Waals surface area contributed by atoms with Gasteiger partial charge in [-0.15, -0.1) is 5.06 Å². The van der Waals surface area contributed by atoms with E-state index in [2.05, 4.69) is 21.0 Å². The van der Waals surface area contributed by atoms with E-state index in [-0.39, 0.29) is 54.9 Å². The predicted octanol–water partition coefficient (Wildman–Crippen LogP) is 1.54. The first-order valence-corrected chi connectivity index (χ1v) is 17.4. The highest BCUT2D eigenvalue weighted by molar-refractivity contribution is 5.96. The van der Waals surface area contributed by atoms with Crippen molar-refractivity contribution in [3.05, 3.63) is 42.1 Å². The molecule has 0 bridgehead atoms. The molecule has 4 amide bonds. The number of aromatic nitrogens is 2. The summed E-state index contributed by atoms with van der Waals surface area (Å²) in [6, 6.07) is 8.22. The number of carbonyl (C=O) groups excluding carboxylic acids is 5. The number of nitrogens with one attached hydrogen (secondary N) is 3. The van der Waals surface area contributed by atoms with Gasteiger partial charge in [-0.2, -0.15) is 5.10 Å². The SMILES string of the molecule is CCOC(=O)ON1CCC(NC(=O)[C@H](CCC(=O)O)NC(=O)c2cc(OCC(=O)N3CCC[C@H]3C(=O)NC3CCC3)n(-c3ccccc3)n2)CC1. The number of likely N-dealkylation sites (tertiary alicyclic amines) is 1. The number of rotatable bonds is 15. The van der Waals surface area contributed by atoms with Gasteiger partial charge in [0.05, 0.1) is 12.3 Å². The summed E-state index contributed by atoms with van der Waals surface area (Å²) in [4.78, 5) is 82.6. The van der Waals surface area contributed by atoms with Crippen LogP contribution in [0.5, 0.6) is 5.88 Å². The van der Waals surface area contributed by atoms with Crippen molar-refractivity contribution in [1.82, 2.24) is 35.7 Å². The number of carboxylic acid groups (broad SMARTS) is 1. The zero-order valence-corrected chi connectivity index (χ0v) is 28.6. The molecule has 4 N–H and O–H groups in total. The van der Waals surface area contributed by atoms with Crippen molar-refractivity contribution < 1.29 is 48.2 Å². The summed E-state index contributed by atoms with van der Waals surface area (Å²) in [6.07, 6.45) is 3.73. The van der Waals surface area contributed by atoms with Gasteiger partial charge in [0.2, 0.25) is 17.7 Å². The summed E-state index contributed by atoms with van der Waals surface area (Å²) in [5.41, 5.74) is 0.411. The topological polar surface area (TPSA) is 211 Å². The minimum absolute atomic E-state index is 0.0812. The molecule has 0 radical (unpaired) electrons. The van der Waals surface area contributed by atoms with E-state index < -0.39 is 42.6 Å². The van der Waals surface area contributed by atoms with Gasteiger partial charge in [-0.3, -0.25) is 24.0 Å². The Kier molecular flexibility index (Phi) is 12.8. The largest absolute Gasteiger partial charge is 0.527 e. The summed E-state index contributed by atoms with van der Waals surface area (Å²) in [6.45, 7) is 2.54. The van der Waals surface area contributed by atoms with Gasteiger partial charge in [-0.05, 0) is 70.4 Å². The number of ether oxygens (including phenoxy) is 2. The van der Waals surface area contributed by atoms with Crippen LogP contribution in [0.15, 0.2) is 36.4 Å². The standard InChI is InChI=1S/C34H45N7O10/c1-2-49-34(48)51-39-18-15-23(16-19-39)35-31(45)25(13-14-30(43)44)37-32(46)26-20-29(41(38-26)24-10-4-3-5-11-24)50-21-28(42)40-17-7-12-27(40)33(47)36-22-8-6-9-22/h3-5,10-11,20,22-23,25,27H,2,6-9,12-19,21H2,1H3,(H,35,45)(H,36,47)(H,37,46)(H,43,44)/t25-,27-/m0/s1. The fraction of sp³-hybridized carbons (Fsp3) is 0.559. The molecule has 276 valence electrons. The van der Waals surface area contributed by atoms with E-state index in [0.29, 0.717) is 51.0 Å². The first kappa shape index (κ1) is 37.1. The second-order valence-electron chi connectivity index (χ2n) is 12.7. The van der Waals surface area contributed by atoms with Crippen LogP contribution < -0.4 is 20.7 Å². The van der Waals surface area contributed by atoms with Crippen LogP contribution in [0.1, 0.15) is 75.2 Å². The maximum absolute atomic E-state index is 13.5. The molecular weight excluding hydrogens is 666 g/mol. The molecule has 3 fully saturated rings. The Labute approximate surface area is 294 Å². The van der Waals surface area contributed by atoms with Gasteiger partial charge < -0.3 is 40.3 Å². The van der Waals surface area contributed by atoms with Gasteiger partial charge in [0, 0.05) is 44.2 Å². The molecule has 1 aromatic carbocycles. The molecule has 51 heavy (non-hydrogen) atoms. The minimum atomic E-state index is -1.20. The number of carboxylic acids is 1. The van der Waals surface area contributed by atoms with Crippen LogP contribution in [0.4, 0.5) is 4.79 Å².